The maximum absolute atomic E-state index is 12.1. The van der Waals surface area contributed by atoms with E-state index in [0.717, 1.165) is 48.8 Å². The molecule has 0 bridgehead atoms. The third-order valence-corrected chi connectivity index (χ3v) is 9.29. The number of carbonyl (C=O) groups excluding carboxylic acids is 1. The van der Waals surface area contributed by atoms with E-state index < -0.39 is 12.7 Å². The minimum atomic E-state index is -0.740. The molecule has 1 aromatic carbocycles. The molecule has 0 spiro atoms. The van der Waals surface area contributed by atoms with Gasteiger partial charge in [-0.3, -0.25) is 0 Å². The normalized spacial score (nSPS) is 11.1. The van der Waals surface area contributed by atoms with Crippen LogP contribution in [-0.2, 0) is 28.9 Å². The predicted octanol–water partition coefficient (Wildman–Crippen LogP) is 9.42. The standard InChI is InChI=1S/C40H67N5O4/c1-6-11-14-17-20-23-26-33-29-30-36(35(28-25-22-19-16-13-8-3)34(33)27-24-21-18-15-12-7-2)38-41-39(44(10-5)31-46)43-40(42-38)45(32-47)49-37(48)9-4/h9,29-30,46-47H,4,6-8,10-28,31-32H2,1-3,5H3. The Balaban J connectivity index is 2.64. The molecule has 1 heterocycles. The molecule has 0 saturated heterocycles. The summed E-state index contributed by atoms with van der Waals surface area (Å²) < 4.78 is 0. The summed E-state index contributed by atoms with van der Waals surface area (Å²) in [6, 6.07) is 4.42. The number of carbonyl (C=O) groups is 1. The van der Waals surface area contributed by atoms with E-state index in [1.807, 2.05) is 6.92 Å². The molecule has 2 N–H and O–H groups in total. The molecule has 0 radical (unpaired) electrons. The Morgan fingerprint density at radius 1 is 0.673 bits per heavy atom. The van der Waals surface area contributed by atoms with E-state index >= 15 is 0 Å². The first-order chi connectivity index (χ1) is 24.0. The summed E-state index contributed by atoms with van der Waals surface area (Å²) in [5.41, 5.74) is 5.10. The highest BCUT2D eigenvalue weighted by atomic mass is 16.7. The van der Waals surface area contributed by atoms with Crippen LogP contribution in [0.15, 0.2) is 24.8 Å². The van der Waals surface area contributed by atoms with Gasteiger partial charge in [0, 0.05) is 18.2 Å². The lowest BCUT2D eigenvalue weighted by Crippen LogP contribution is -2.31. The molecular weight excluding hydrogens is 614 g/mol. The van der Waals surface area contributed by atoms with Crippen LogP contribution in [0, 0.1) is 0 Å². The number of unbranched alkanes of at least 4 members (excludes halogenated alkanes) is 15. The first kappa shape index (κ1) is 42.1. The summed E-state index contributed by atoms with van der Waals surface area (Å²) in [7, 11) is 0. The molecule has 1 aromatic heterocycles. The topological polar surface area (TPSA) is 112 Å². The van der Waals surface area contributed by atoms with Crippen LogP contribution in [0.1, 0.15) is 160 Å². The lowest BCUT2D eigenvalue weighted by atomic mass is 9.86. The van der Waals surface area contributed by atoms with Crippen molar-refractivity contribution in [1.82, 2.24) is 15.0 Å². The highest BCUT2D eigenvalue weighted by Gasteiger charge is 2.23. The van der Waals surface area contributed by atoms with Crippen molar-refractivity contribution >= 4 is 17.9 Å². The Morgan fingerprint density at radius 3 is 1.69 bits per heavy atom. The van der Waals surface area contributed by atoms with E-state index in [1.165, 1.54) is 119 Å². The van der Waals surface area contributed by atoms with Gasteiger partial charge in [0.05, 0.1) is 0 Å². The van der Waals surface area contributed by atoms with Crippen molar-refractivity contribution < 1.29 is 19.8 Å². The van der Waals surface area contributed by atoms with E-state index in [1.54, 1.807) is 4.90 Å². The molecule has 2 rings (SSSR count). The number of nitrogens with zero attached hydrogens (tertiary/aromatic N) is 5. The van der Waals surface area contributed by atoms with Crippen molar-refractivity contribution in [3.63, 3.8) is 0 Å². The van der Waals surface area contributed by atoms with Gasteiger partial charge in [-0.05, 0) is 62.1 Å². The van der Waals surface area contributed by atoms with E-state index in [-0.39, 0.29) is 18.6 Å². The minimum Gasteiger partial charge on any atom is -0.376 e. The predicted molar refractivity (Wildman–Crippen MR) is 202 cm³/mol. The van der Waals surface area contributed by atoms with Gasteiger partial charge in [-0.25, -0.2) is 4.79 Å². The van der Waals surface area contributed by atoms with Gasteiger partial charge in [0.25, 0.3) is 5.95 Å². The molecule has 9 nitrogen and oxygen atoms in total. The Labute approximate surface area is 297 Å². The van der Waals surface area contributed by atoms with Crippen LogP contribution >= 0.6 is 0 Å². The highest BCUT2D eigenvalue weighted by Crippen LogP contribution is 2.33. The van der Waals surface area contributed by atoms with E-state index in [0.29, 0.717) is 12.4 Å². The Hall–Kier alpha value is -3.04. The minimum absolute atomic E-state index is 0.0104. The molecular formula is C40H67N5O4. The van der Waals surface area contributed by atoms with Crippen LogP contribution in [0.2, 0.25) is 0 Å². The summed E-state index contributed by atoms with van der Waals surface area (Å²) in [5.74, 6) is -0.0617. The van der Waals surface area contributed by atoms with Gasteiger partial charge in [-0.2, -0.15) is 15.0 Å². The number of aryl methyl sites for hydroxylation is 1. The van der Waals surface area contributed by atoms with Crippen LogP contribution < -0.4 is 9.96 Å². The number of hydrogen-bond acceptors (Lipinski definition) is 9. The number of hydrogen-bond donors (Lipinski definition) is 2. The van der Waals surface area contributed by atoms with Crippen molar-refractivity contribution in [3.8, 4) is 11.4 Å². The monoisotopic (exact) mass is 682 g/mol. The largest absolute Gasteiger partial charge is 0.376 e. The molecule has 0 fully saturated rings. The Kier molecular flexibility index (Phi) is 22.2. The number of benzene rings is 1. The fraction of sp³-hybridized carbons (Fsp3) is 0.700. The Bertz CT molecular complexity index is 1200. The third kappa shape index (κ3) is 15.2. The van der Waals surface area contributed by atoms with Crippen molar-refractivity contribution in [2.75, 3.05) is 30.0 Å². The summed E-state index contributed by atoms with van der Waals surface area (Å²) in [6.45, 7) is 11.6. The second-order valence-corrected chi connectivity index (χ2v) is 13.2. The summed E-state index contributed by atoms with van der Waals surface area (Å²) >= 11 is 0. The smallest absolute Gasteiger partial charge is 0.355 e. The zero-order chi connectivity index (χ0) is 35.7. The Morgan fingerprint density at radius 2 is 1.18 bits per heavy atom. The molecule has 2 aromatic rings. The van der Waals surface area contributed by atoms with Gasteiger partial charge < -0.3 is 20.0 Å². The maximum atomic E-state index is 12.1. The molecule has 0 amide bonds. The quantitative estimate of drug-likeness (QED) is 0.0375. The van der Waals surface area contributed by atoms with Gasteiger partial charge in [0.15, 0.2) is 12.6 Å². The lowest BCUT2D eigenvalue weighted by molar-refractivity contribution is -0.141. The average molecular weight is 682 g/mol. The molecule has 0 aliphatic rings. The zero-order valence-electron chi connectivity index (χ0n) is 31.4. The van der Waals surface area contributed by atoms with Crippen LogP contribution in [0.5, 0.6) is 0 Å². The third-order valence-electron chi connectivity index (χ3n) is 9.29. The van der Waals surface area contributed by atoms with Crippen molar-refractivity contribution in [3.05, 3.63) is 41.5 Å². The van der Waals surface area contributed by atoms with Crippen LogP contribution in [0.4, 0.5) is 11.9 Å². The van der Waals surface area contributed by atoms with Crippen LogP contribution in [0.3, 0.4) is 0 Å². The van der Waals surface area contributed by atoms with Crippen LogP contribution in [-0.4, -0.2) is 51.1 Å². The van der Waals surface area contributed by atoms with Crippen molar-refractivity contribution in [2.45, 2.75) is 163 Å². The second kappa shape index (κ2) is 25.9. The van der Waals surface area contributed by atoms with E-state index in [4.69, 9.17) is 14.8 Å². The number of anilines is 2. The number of aromatic nitrogens is 3. The fourth-order valence-electron chi connectivity index (χ4n) is 6.35. The van der Waals surface area contributed by atoms with Gasteiger partial charge in [-0.15, -0.1) is 5.06 Å². The summed E-state index contributed by atoms with van der Waals surface area (Å²) in [4.78, 5) is 33.1. The molecule has 0 unspecified atom stereocenters. The first-order valence-corrected chi connectivity index (χ1v) is 19.5. The first-order valence-electron chi connectivity index (χ1n) is 19.5. The number of aliphatic hydroxyl groups excluding tert-OH is 2. The van der Waals surface area contributed by atoms with Crippen LogP contribution in [0.25, 0.3) is 11.4 Å². The molecule has 9 heteroatoms. The summed E-state index contributed by atoms with van der Waals surface area (Å²) in [5, 5.41) is 21.2. The second-order valence-electron chi connectivity index (χ2n) is 13.2. The number of aliphatic hydroxyl groups is 2. The van der Waals surface area contributed by atoms with Gasteiger partial charge in [-0.1, -0.05) is 136 Å². The summed E-state index contributed by atoms with van der Waals surface area (Å²) in [6.07, 6.45) is 26.4. The van der Waals surface area contributed by atoms with Crippen molar-refractivity contribution in [2.24, 2.45) is 0 Å². The molecule has 0 atom stereocenters. The lowest BCUT2D eigenvalue weighted by Gasteiger charge is -2.23. The average Bonchev–Trinajstić information content (AvgIpc) is 3.12. The highest BCUT2D eigenvalue weighted by molar-refractivity contribution is 5.82. The number of rotatable bonds is 29. The number of hydroxylamine groups is 1. The molecule has 49 heavy (non-hydrogen) atoms. The SMILES string of the molecule is C=CC(=O)ON(CO)c1nc(-c2ccc(CCCCCCCC)c(CCCCCCCC)c2CCCCCCCC)nc(N(CC)CO)n1. The van der Waals surface area contributed by atoms with Gasteiger partial charge in [0.1, 0.15) is 6.73 Å². The van der Waals surface area contributed by atoms with Gasteiger partial charge >= 0.3 is 5.97 Å². The zero-order valence-corrected chi connectivity index (χ0v) is 31.4. The molecule has 0 saturated carbocycles. The molecule has 0 aliphatic carbocycles. The maximum Gasteiger partial charge on any atom is 0.355 e. The van der Waals surface area contributed by atoms with Gasteiger partial charge in [0.2, 0.25) is 5.95 Å². The molecule has 0 aliphatic heterocycles. The van der Waals surface area contributed by atoms with E-state index in [2.05, 4.69) is 44.5 Å². The van der Waals surface area contributed by atoms with E-state index in [9.17, 15) is 15.0 Å². The fourth-order valence-corrected chi connectivity index (χ4v) is 6.35. The van der Waals surface area contributed by atoms with Crippen molar-refractivity contribution in [1.29, 1.82) is 0 Å². The molecule has 276 valence electrons.